The van der Waals surface area contributed by atoms with Crippen LogP contribution in [0.3, 0.4) is 0 Å². The lowest BCUT2D eigenvalue weighted by molar-refractivity contribution is -0.142. The standard InChI is InChI=1S/C11H19N3O3/c12-11(16)9-7-13-3-4-14(9)10(15)6-8-2-1-5-17-8/h8-9,13H,1-7H2,(H2,12,16). The number of nitrogens with zero attached hydrogens (tertiary/aromatic N) is 1. The summed E-state index contributed by atoms with van der Waals surface area (Å²) in [7, 11) is 0. The van der Waals surface area contributed by atoms with Crippen molar-refractivity contribution in [3.8, 4) is 0 Å². The van der Waals surface area contributed by atoms with Crippen molar-refractivity contribution in [1.29, 1.82) is 0 Å². The van der Waals surface area contributed by atoms with Gasteiger partial charge in [0.05, 0.1) is 12.5 Å². The van der Waals surface area contributed by atoms with Crippen LogP contribution in [0, 0.1) is 0 Å². The Balaban J connectivity index is 1.93. The molecule has 2 saturated heterocycles. The van der Waals surface area contributed by atoms with E-state index in [1.54, 1.807) is 4.90 Å². The Morgan fingerprint density at radius 1 is 1.47 bits per heavy atom. The first-order valence-electron chi connectivity index (χ1n) is 6.09. The molecule has 0 aliphatic carbocycles. The monoisotopic (exact) mass is 241 g/mol. The van der Waals surface area contributed by atoms with Crippen molar-refractivity contribution in [2.45, 2.75) is 31.4 Å². The fourth-order valence-corrected chi connectivity index (χ4v) is 2.37. The Morgan fingerprint density at radius 2 is 2.29 bits per heavy atom. The first kappa shape index (κ1) is 12.3. The highest BCUT2D eigenvalue weighted by atomic mass is 16.5. The Morgan fingerprint density at radius 3 is 2.94 bits per heavy atom. The molecule has 0 aromatic carbocycles. The highest BCUT2D eigenvalue weighted by Gasteiger charge is 2.32. The van der Waals surface area contributed by atoms with Gasteiger partial charge in [-0.3, -0.25) is 9.59 Å². The van der Waals surface area contributed by atoms with E-state index < -0.39 is 11.9 Å². The van der Waals surface area contributed by atoms with Crippen LogP contribution in [-0.4, -0.2) is 55.1 Å². The molecule has 0 spiro atoms. The van der Waals surface area contributed by atoms with Gasteiger partial charge in [-0.05, 0) is 12.8 Å². The molecule has 2 aliphatic heterocycles. The largest absolute Gasteiger partial charge is 0.378 e. The SMILES string of the molecule is NC(=O)C1CNCCN1C(=O)CC1CCCO1. The molecule has 6 heteroatoms. The molecule has 2 amide bonds. The van der Waals surface area contributed by atoms with E-state index in [1.165, 1.54) is 0 Å². The molecule has 0 bridgehead atoms. The summed E-state index contributed by atoms with van der Waals surface area (Å²) >= 11 is 0. The number of ether oxygens (including phenoxy) is 1. The minimum absolute atomic E-state index is 0.0194. The van der Waals surface area contributed by atoms with Gasteiger partial charge in [-0.1, -0.05) is 0 Å². The number of piperazine rings is 1. The third-order valence-electron chi connectivity index (χ3n) is 3.32. The first-order chi connectivity index (χ1) is 8.18. The predicted molar refractivity (Wildman–Crippen MR) is 61.2 cm³/mol. The summed E-state index contributed by atoms with van der Waals surface area (Å²) in [6.07, 6.45) is 2.33. The smallest absolute Gasteiger partial charge is 0.241 e. The second-order valence-corrected chi connectivity index (χ2v) is 4.55. The van der Waals surface area contributed by atoms with Crippen molar-refractivity contribution >= 4 is 11.8 Å². The van der Waals surface area contributed by atoms with Gasteiger partial charge in [0.2, 0.25) is 11.8 Å². The van der Waals surface area contributed by atoms with E-state index in [4.69, 9.17) is 10.5 Å². The van der Waals surface area contributed by atoms with Crippen LogP contribution in [-0.2, 0) is 14.3 Å². The minimum atomic E-state index is -0.516. The van der Waals surface area contributed by atoms with Gasteiger partial charge < -0.3 is 20.7 Å². The average Bonchev–Trinajstić information content (AvgIpc) is 2.81. The summed E-state index contributed by atoms with van der Waals surface area (Å²) in [4.78, 5) is 24.9. The van der Waals surface area contributed by atoms with E-state index in [0.29, 0.717) is 26.1 Å². The molecule has 0 saturated carbocycles. The van der Waals surface area contributed by atoms with Crippen LogP contribution in [0.15, 0.2) is 0 Å². The molecule has 2 fully saturated rings. The molecular formula is C11H19N3O3. The van der Waals surface area contributed by atoms with Crippen molar-refractivity contribution in [1.82, 2.24) is 10.2 Å². The number of nitrogens with two attached hydrogens (primary N) is 1. The number of carbonyl (C=O) groups excluding carboxylic acids is 2. The molecule has 6 nitrogen and oxygen atoms in total. The van der Waals surface area contributed by atoms with Crippen molar-refractivity contribution in [3.05, 3.63) is 0 Å². The van der Waals surface area contributed by atoms with Crippen LogP contribution in [0.2, 0.25) is 0 Å². The van der Waals surface area contributed by atoms with E-state index in [2.05, 4.69) is 5.32 Å². The second kappa shape index (κ2) is 5.46. The van der Waals surface area contributed by atoms with E-state index in [1.807, 2.05) is 0 Å². The molecule has 3 N–H and O–H groups in total. The molecule has 2 rings (SSSR count). The molecule has 2 atom stereocenters. The topological polar surface area (TPSA) is 84.7 Å². The molecular weight excluding hydrogens is 222 g/mol. The lowest BCUT2D eigenvalue weighted by Gasteiger charge is -2.34. The number of rotatable bonds is 3. The fraction of sp³-hybridized carbons (Fsp3) is 0.818. The lowest BCUT2D eigenvalue weighted by atomic mass is 10.1. The number of nitrogens with one attached hydrogen (secondary N) is 1. The maximum Gasteiger partial charge on any atom is 0.241 e. The fourth-order valence-electron chi connectivity index (χ4n) is 2.37. The Hall–Kier alpha value is -1.14. The van der Waals surface area contributed by atoms with Crippen LogP contribution in [0.1, 0.15) is 19.3 Å². The van der Waals surface area contributed by atoms with E-state index in [-0.39, 0.29) is 12.0 Å². The van der Waals surface area contributed by atoms with Crippen LogP contribution in [0.5, 0.6) is 0 Å². The Kier molecular flexibility index (Phi) is 3.96. The molecule has 0 radical (unpaired) electrons. The summed E-state index contributed by atoms with van der Waals surface area (Å²) < 4.78 is 5.43. The maximum absolute atomic E-state index is 12.1. The highest BCUT2D eigenvalue weighted by Crippen LogP contribution is 2.17. The normalized spacial score (nSPS) is 29.3. The third kappa shape index (κ3) is 2.95. The zero-order valence-corrected chi connectivity index (χ0v) is 9.85. The lowest BCUT2D eigenvalue weighted by Crippen LogP contribution is -2.59. The van der Waals surface area contributed by atoms with E-state index in [0.717, 1.165) is 19.4 Å². The van der Waals surface area contributed by atoms with E-state index in [9.17, 15) is 9.59 Å². The van der Waals surface area contributed by atoms with Gasteiger partial charge in [0.15, 0.2) is 0 Å². The second-order valence-electron chi connectivity index (χ2n) is 4.55. The number of hydrogen-bond acceptors (Lipinski definition) is 4. The van der Waals surface area contributed by atoms with Gasteiger partial charge in [0.1, 0.15) is 6.04 Å². The van der Waals surface area contributed by atoms with Crippen LogP contribution < -0.4 is 11.1 Å². The van der Waals surface area contributed by atoms with Crippen LogP contribution >= 0.6 is 0 Å². The first-order valence-corrected chi connectivity index (χ1v) is 6.09. The summed E-state index contributed by atoms with van der Waals surface area (Å²) in [5, 5.41) is 3.07. The molecule has 17 heavy (non-hydrogen) atoms. The van der Waals surface area contributed by atoms with Gasteiger partial charge in [0.25, 0.3) is 0 Å². The van der Waals surface area contributed by atoms with Gasteiger partial charge in [-0.25, -0.2) is 0 Å². The van der Waals surface area contributed by atoms with Crippen molar-refractivity contribution in [2.75, 3.05) is 26.2 Å². The van der Waals surface area contributed by atoms with E-state index >= 15 is 0 Å². The minimum Gasteiger partial charge on any atom is -0.378 e. The zero-order chi connectivity index (χ0) is 12.3. The molecule has 2 unspecified atom stereocenters. The van der Waals surface area contributed by atoms with Gasteiger partial charge in [-0.15, -0.1) is 0 Å². The van der Waals surface area contributed by atoms with Crippen molar-refractivity contribution in [2.24, 2.45) is 5.73 Å². The Bertz CT molecular complexity index is 302. The summed E-state index contributed by atoms with van der Waals surface area (Å²) in [6.45, 7) is 2.44. The quantitative estimate of drug-likeness (QED) is 0.653. The molecule has 0 aromatic heterocycles. The van der Waals surface area contributed by atoms with Gasteiger partial charge >= 0.3 is 0 Å². The van der Waals surface area contributed by atoms with Crippen LogP contribution in [0.25, 0.3) is 0 Å². The molecule has 96 valence electrons. The molecule has 0 aromatic rings. The Labute approximate surface area is 100 Å². The zero-order valence-electron chi connectivity index (χ0n) is 9.85. The average molecular weight is 241 g/mol. The number of primary amides is 1. The molecule has 2 heterocycles. The number of hydrogen-bond donors (Lipinski definition) is 2. The predicted octanol–water partition coefficient (Wildman–Crippen LogP) is -1.16. The van der Waals surface area contributed by atoms with Gasteiger partial charge in [0, 0.05) is 26.2 Å². The summed E-state index contributed by atoms with van der Waals surface area (Å²) in [5.41, 5.74) is 5.30. The number of carbonyl (C=O) groups is 2. The summed E-state index contributed by atoms with van der Waals surface area (Å²) in [6, 6.07) is -0.516. The highest BCUT2D eigenvalue weighted by molar-refractivity contribution is 5.87. The summed E-state index contributed by atoms with van der Waals surface area (Å²) in [5.74, 6) is -0.472. The van der Waals surface area contributed by atoms with Crippen LogP contribution in [0.4, 0.5) is 0 Å². The van der Waals surface area contributed by atoms with Crippen molar-refractivity contribution in [3.63, 3.8) is 0 Å². The molecule has 2 aliphatic rings. The third-order valence-corrected chi connectivity index (χ3v) is 3.32. The number of amides is 2. The maximum atomic E-state index is 12.1. The van der Waals surface area contributed by atoms with Gasteiger partial charge in [-0.2, -0.15) is 0 Å². The van der Waals surface area contributed by atoms with Crippen molar-refractivity contribution < 1.29 is 14.3 Å².